The van der Waals surface area contributed by atoms with Crippen molar-refractivity contribution in [1.82, 2.24) is 15.6 Å². The SMILES string of the molecule is CN=C(NCc1cccc(C)n1)NC(C)CCC(C)C. The average molecular weight is 276 g/mol. The van der Waals surface area contributed by atoms with Crippen molar-refractivity contribution in [1.29, 1.82) is 0 Å². The molecule has 4 heteroatoms. The molecule has 0 aliphatic rings. The summed E-state index contributed by atoms with van der Waals surface area (Å²) in [7, 11) is 1.80. The van der Waals surface area contributed by atoms with Crippen molar-refractivity contribution < 1.29 is 0 Å². The Bertz CT molecular complexity index is 426. The highest BCUT2D eigenvalue weighted by Crippen LogP contribution is 2.06. The second kappa shape index (κ2) is 8.56. The third kappa shape index (κ3) is 6.55. The number of aryl methyl sites for hydroxylation is 1. The fraction of sp³-hybridized carbons (Fsp3) is 0.625. The van der Waals surface area contributed by atoms with Gasteiger partial charge >= 0.3 is 0 Å². The highest BCUT2D eigenvalue weighted by molar-refractivity contribution is 5.79. The van der Waals surface area contributed by atoms with Gasteiger partial charge < -0.3 is 10.6 Å². The topological polar surface area (TPSA) is 49.3 Å². The lowest BCUT2D eigenvalue weighted by atomic mass is 10.0. The number of guanidine groups is 1. The number of hydrogen-bond donors (Lipinski definition) is 2. The van der Waals surface area contributed by atoms with E-state index in [0.717, 1.165) is 29.7 Å². The first kappa shape index (κ1) is 16.5. The Labute approximate surface area is 123 Å². The van der Waals surface area contributed by atoms with Crippen molar-refractivity contribution in [3.8, 4) is 0 Å². The molecule has 0 aromatic carbocycles. The van der Waals surface area contributed by atoms with Crippen LogP contribution in [-0.4, -0.2) is 24.0 Å². The quantitative estimate of drug-likeness (QED) is 0.620. The number of pyridine rings is 1. The van der Waals surface area contributed by atoms with Gasteiger partial charge in [-0.1, -0.05) is 19.9 Å². The molecule has 0 saturated carbocycles. The van der Waals surface area contributed by atoms with Gasteiger partial charge in [0.2, 0.25) is 0 Å². The van der Waals surface area contributed by atoms with E-state index >= 15 is 0 Å². The molecule has 1 rings (SSSR count). The Balaban J connectivity index is 2.40. The van der Waals surface area contributed by atoms with Crippen molar-refractivity contribution in [2.45, 2.75) is 53.1 Å². The van der Waals surface area contributed by atoms with E-state index < -0.39 is 0 Å². The van der Waals surface area contributed by atoms with Crippen LogP contribution in [0, 0.1) is 12.8 Å². The summed E-state index contributed by atoms with van der Waals surface area (Å²) in [5.74, 6) is 1.58. The van der Waals surface area contributed by atoms with Gasteiger partial charge in [-0.3, -0.25) is 9.98 Å². The maximum atomic E-state index is 4.47. The molecule has 1 aromatic rings. The van der Waals surface area contributed by atoms with Crippen LogP contribution in [0.1, 0.15) is 45.0 Å². The maximum Gasteiger partial charge on any atom is 0.191 e. The highest BCUT2D eigenvalue weighted by atomic mass is 15.2. The molecule has 20 heavy (non-hydrogen) atoms. The second-order valence-corrected chi connectivity index (χ2v) is 5.71. The third-order valence-electron chi connectivity index (χ3n) is 3.17. The summed E-state index contributed by atoms with van der Waals surface area (Å²) in [5.41, 5.74) is 2.07. The van der Waals surface area contributed by atoms with Gasteiger partial charge in [0, 0.05) is 18.8 Å². The molecular formula is C16H28N4. The molecule has 0 aliphatic carbocycles. The van der Waals surface area contributed by atoms with Crippen molar-refractivity contribution in [2.75, 3.05) is 7.05 Å². The first-order valence-corrected chi connectivity index (χ1v) is 7.41. The molecular weight excluding hydrogens is 248 g/mol. The van der Waals surface area contributed by atoms with Crippen LogP contribution in [0.4, 0.5) is 0 Å². The molecule has 1 atom stereocenters. The summed E-state index contributed by atoms with van der Waals surface area (Å²) in [5, 5.41) is 6.73. The Morgan fingerprint density at radius 3 is 2.60 bits per heavy atom. The number of nitrogens with zero attached hydrogens (tertiary/aromatic N) is 2. The monoisotopic (exact) mass is 276 g/mol. The molecule has 0 amide bonds. The van der Waals surface area contributed by atoms with Gasteiger partial charge in [0.15, 0.2) is 5.96 Å². The lowest BCUT2D eigenvalue weighted by Gasteiger charge is -2.18. The number of nitrogens with one attached hydrogen (secondary N) is 2. The van der Waals surface area contributed by atoms with E-state index in [4.69, 9.17) is 0 Å². The highest BCUT2D eigenvalue weighted by Gasteiger charge is 2.06. The van der Waals surface area contributed by atoms with Crippen LogP contribution in [0.5, 0.6) is 0 Å². The molecule has 112 valence electrons. The van der Waals surface area contributed by atoms with Crippen LogP contribution < -0.4 is 10.6 Å². The number of hydrogen-bond acceptors (Lipinski definition) is 2. The number of aliphatic imine (C=N–C) groups is 1. The summed E-state index contributed by atoms with van der Waals surface area (Å²) in [6.45, 7) is 9.40. The Morgan fingerprint density at radius 2 is 2.00 bits per heavy atom. The zero-order valence-electron chi connectivity index (χ0n) is 13.4. The van der Waals surface area contributed by atoms with Crippen LogP contribution in [0.2, 0.25) is 0 Å². The Morgan fingerprint density at radius 1 is 1.25 bits per heavy atom. The van der Waals surface area contributed by atoms with Gasteiger partial charge in [0.05, 0.1) is 12.2 Å². The van der Waals surface area contributed by atoms with Crippen molar-refractivity contribution in [2.24, 2.45) is 10.9 Å². The minimum atomic E-state index is 0.425. The normalized spacial score (nSPS) is 13.4. The standard InChI is InChI=1S/C16H28N4/c1-12(2)9-10-14(4)20-16(17-5)18-11-15-8-6-7-13(3)19-15/h6-8,12,14H,9-11H2,1-5H3,(H2,17,18,20). The third-order valence-corrected chi connectivity index (χ3v) is 3.17. The van der Waals surface area contributed by atoms with Gasteiger partial charge in [-0.05, 0) is 44.7 Å². The van der Waals surface area contributed by atoms with E-state index in [1.807, 2.05) is 25.1 Å². The minimum absolute atomic E-state index is 0.425. The molecule has 1 aromatic heterocycles. The van der Waals surface area contributed by atoms with E-state index in [1.54, 1.807) is 7.05 Å². The smallest absolute Gasteiger partial charge is 0.191 e. The van der Waals surface area contributed by atoms with Gasteiger partial charge in [0.25, 0.3) is 0 Å². The predicted octanol–water partition coefficient (Wildman–Crippen LogP) is 2.88. The van der Waals surface area contributed by atoms with Crippen LogP contribution in [0.15, 0.2) is 23.2 Å². The zero-order chi connectivity index (χ0) is 15.0. The van der Waals surface area contributed by atoms with E-state index in [2.05, 4.69) is 41.4 Å². The largest absolute Gasteiger partial charge is 0.354 e. The lowest BCUT2D eigenvalue weighted by molar-refractivity contribution is 0.489. The van der Waals surface area contributed by atoms with Gasteiger partial charge in [-0.2, -0.15) is 0 Å². The molecule has 4 nitrogen and oxygen atoms in total. The first-order valence-electron chi connectivity index (χ1n) is 7.41. The fourth-order valence-corrected chi connectivity index (χ4v) is 1.96. The van der Waals surface area contributed by atoms with Gasteiger partial charge in [-0.25, -0.2) is 0 Å². The molecule has 0 bridgehead atoms. The summed E-state index contributed by atoms with van der Waals surface area (Å²) in [6.07, 6.45) is 2.38. The van der Waals surface area contributed by atoms with Crippen molar-refractivity contribution in [3.05, 3.63) is 29.6 Å². The number of rotatable bonds is 6. The molecule has 0 fully saturated rings. The first-order chi connectivity index (χ1) is 9.51. The summed E-state index contributed by atoms with van der Waals surface area (Å²) in [6, 6.07) is 6.48. The average Bonchev–Trinajstić information content (AvgIpc) is 2.41. The van der Waals surface area contributed by atoms with Crippen LogP contribution in [0.3, 0.4) is 0 Å². The predicted molar refractivity (Wildman–Crippen MR) is 85.8 cm³/mol. The fourth-order valence-electron chi connectivity index (χ4n) is 1.96. The van der Waals surface area contributed by atoms with E-state index in [9.17, 15) is 0 Å². The van der Waals surface area contributed by atoms with Crippen LogP contribution >= 0.6 is 0 Å². The van der Waals surface area contributed by atoms with Crippen molar-refractivity contribution >= 4 is 5.96 Å². The maximum absolute atomic E-state index is 4.47. The Kier molecular flexibility index (Phi) is 7.05. The summed E-state index contributed by atoms with van der Waals surface area (Å²) in [4.78, 5) is 8.73. The molecule has 0 spiro atoms. The molecule has 0 radical (unpaired) electrons. The van der Waals surface area contributed by atoms with Crippen LogP contribution in [-0.2, 0) is 6.54 Å². The molecule has 2 N–H and O–H groups in total. The lowest BCUT2D eigenvalue weighted by Crippen LogP contribution is -2.42. The van der Waals surface area contributed by atoms with Gasteiger partial charge in [0.1, 0.15) is 0 Å². The molecule has 1 heterocycles. The molecule has 0 aliphatic heterocycles. The van der Waals surface area contributed by atoms with E-state index in [0.29, 0.717) is 12.6 Å². The van der Waals surface area contributed by atoms with Crippen LogP contribution in [0.25, 0.3) is 0 Å². The second-order valence-electron chi connectivity index (χ2n) is 5.71. The number of aromatic nitrogens is 1. The minimum Gasteiger partial charge on any atom is -0.354 e. The molecule has 0 saturated heterocycles. The zero-order valence-corrected chi connectivity index (χ0v) is 13.4. The van der Waals surface area contributed by atoms with E-state index in [-0.39, 0.29) is 0 Å². The molecule has 1 unspecified atom stereocenters. The summed E-state index contributed by atoms with van der Waals surface area (Å²) < 4.78 is 0. The van der Waals surface area contributed by atoms with Gasteiger partial charge in [-0.15, -0.1) is 0 Å². The van der Waals surface area contributed by atoms with E-state index in [1.165, 1.54) is 6.42 Å². The summed E-state index contributed by atoms with van der Waals surface area (Å²) >= 11 is 0. The Hall–Kier alpha value is -1.58. The van der Waals surface area contributed by atoms with Crippen molar-refractivity contribution in [3.63, 3.8) is 0 Å².